The third-order valence-electron chi connectivity index (χ3n) is 2.59. The Morgan fingerprint density at radius 1 is 1.47 bits per heavy atom. The first kappa shape index (κ1) is 15.2. The number of esters is 3. The molecule has 1 heterocycles. The van der Waals surface area contributed by atoms with Gasteiger partial charge in [-0.15, -0.1) is 0 Å². The number of cyclic esters (lactones) is 1. The molecule has 1 rings (SSSR count). The quantitative estimate of drug-likeness (QED) is 0.329. The number of carbonyl (C=O) groups is 3. The molecule has 0 N–H and O–H groups in total. The Morgan fingerprint density at radius 2 is 2.05 bits per heavy atom. The van der Waals surface area contributed by atoms with Crippen LogP contribution < -0.4 is 0 Å². The van der Waals surface area contributed by atoms with Gasteiger partial charge in [-0.3, -0.25) is 0 Å². The lowest BCUT2D eigenvalue weighted by Crippen LogP contribution is -2.54. The molecule has 106 valence electrons. The molecule has 2 atom stereocenters. The molecule has 0 amide bonds. The van der Waals surface area contributed by atoms with E-state index in [1.165, 1.54) is 0 Å². The van der Waals surface area contributed by atoms with E-state index in [0.717, 1.165) is 6.08 Å². The first-order valence-corrected chi connectivity index (χ1v) is 5.89. The summed E-state index contributed by atoms with van der Waals surface area (Å²) in [5.41, 5.74) is -2.86. The molecule has 0 aromatic heterocycles. The summed E-state index contributed by atoms with van der Waals surface area (Å²) in [5, 5.41) is 0. The summed E-state index contributed by atoms with van der Waals surface area (Å²) in [6.07, 6.45) is 0.879. The fourth-order valence-electron chi connectivity index (χ4n) is 1.65. The second-order valence-corrected chi connectivity index (χ2v) is 5.36. The van der Waals surface area contributed by atoms with Gasteiger partial charge < -0.3 is 14.2 Å². The molecule has 1 aliphatic heterocycles. The minimum Gasteiger partial charge on any atom is -0.462 e. The highest BCUT2D eigenvalue weighted by Crippen LogP contribution is 2.33. The highest BCUT2D eigenvalue weighted by molar-refractivity contribution is 6.07. The van der Waals surface area contributed by atoms with Gasteiger partial charge >= 0.3 is 23.5 Å². The highest BCUT2D eigenvalue weighted by atomic mass is 16.6. The summed E-state index contributed by atoms with van der Waals surface area (Å²) < 4.78 is 14.9. The van der Waals surface area contributed by atoms with Crippen LogP contribution in [0.5, 0.6) is 0 Å². The fourth-order valence-corrected chi connectivity index (χ4v) is 1.65. The van der Waals surface area contributed by atoms with Crippen LogP contribution in [0.4, 0.5) is 0 Å². The van der Waals surface area contributed by atoms with Gasteiger partial charge in [0.25, 0.3) is 0 Å². The molecule has 19 heavy (non-hydrogen) atoms. The normalized spacial score (nSPS) is 26.5. The number of carbonyl (C=O) groups excluding carboxylic acids is 3. The van der Waals surface area contributed by atoms with Crippen LogP contribution in [0.1, 0.15) is 27.7 Å². The van der Waals surface area contributed by atoms with Crippen LogP contribution in [0, 0.1) is 5.92 Å². The van der Waals surface area contributed by atoms with Gasteiger partial charge in [0, 0.05) is 6.08 Å². The molecule has 6 heteroatoms. The summed E-state index contributed by atoms with van der Waals surface area (Å²) >= 11 is 0. The predicted octanol–water partition coefficient (Wildman–Crippen LogP) is 0.989. The lowest BCUT2D eigenvalue weighted by atomic mass is 9.91. The SMILES string of the molecule is C=CC(=O)OC1(C(=O)OC(C)(C)C)C(=O)OCC1C. The maximum Gasteiger partial charge on any atom is 0.363 e. The van der Waals surface area contributed by atoms with Crippen molar-refractivity contribution in [3.8, 4) is 0 Å². The van der Waals surface area contributed by atoms with Crippen LogP contribution >= 0.6 is 0 Å². The summed E-state index contributed by atoms with van der Waals surface area (Å²) in [6.45, 7) is 9.76. The number of rotatable bonds is 3. The van der Waals surface area contributed by atoms with Crippen molar-refractivity contribution in [1.82, 2.24) is 0 Å². The van der Waals surface area contributed by atoms with Gasteiger partial charge in [0.15, 0.2) is 0 Å². The average molecular weight is 270 g/mol. The molecule has 0 aliphatic carbocycles. The summed E-state index contributed by atoms with van der Waals surface area (Å²) in [5.74, 6) is -3.34. The summed E-state index contributed by atoms with van der Waals surface area (Å²) in [6, 6.07) is 0. The van der Waals surface area contributed by atoms with Crippen LogP contribution in [0.2, 0.25) is 0 Å². The Morgan fingerprint density at radius 3 is 2.42 bits per heavy atom. The van der Waals surface area contributed by atoms with Crippen LogP contribution in [-0.2, 0) is 28.6 Å². The minimum absolute atomic E-state index is 0.0114. The average Bonchev–Trinajstić information content (AvgIpc) is 2.55. The predicted molar refractivity (Wildman–Crippen MR) is 65.0 cm³/mol. The van der Waals surface area contributed by atoms with E-state index in [4.69, 9.17) is 14.2 Å². The zero-order valence-corrected chi connectivity index (χ0v) is 11.5. The first-order valence-electron chi connectivity index (χ1n) is 5.89. The standard InChI is InChI=1S/C13H18O6/c1-6-9(14)18-13(8(2)7-17-10(13)15)11(16)19-12(3,4)5/h6,8H,1,7H2,2-5H3. The molecule has 1 aliphatic rings. The lowest BCUT2D eigenvalue weighted by Gasteiger charge is -2.30. The fraction of sp³-hybridized carbons (Fsp3) is 0.615. The van der Waals surface area contributed by atoms with E-state index in [2.05, 4.69) is 6.58 Å². The van der Waals surface area contributed by atoms with Crippen molar-refractivity contribution >= 4 is 17.9 Å². The number of hydrogen-bond acceptors (Lipinski definition) is 6. The van der Waals surface area contributed by atoms with Crippen molar-refractivity contribution in [2.24, 2.45) is 5.92 Å². The molecule has 0 aromatic rings. The molecular formula is C13H18O6. The first-order chi connectivity index (χ1) is 8.63. The van der Waals surface area contributed by atoms with Crippen molar-refractivity contribution in [3.63, 3.8) is 0 Å². The lowest BCUT2D eigenvalue weighted by molar-refractivity contribution is -0.195. The maximum absolute atomic E-state index is 12.2. The van der Waals surface area contributed by atoms with Gasteiger partial charge in [0.2, 0.25) is 0 Å². The number of hydrogen-bond donors (Lipinski definition) is 0. The van der Waals surface area contributed by atoms with E-state index in [9.17, 15) is 14.4 Å². The van der Waals surface area contributed by atoms with Crippen molar-refractivity contribution in [2.45, 2.75) is 38.9 Å². The van der Waals surface area contributed by atoms with Crippen molar-refractivity contribution in [3.05, 3.63) is 12.7 Å². The Hall–Kier alpha value is -1.85. The maximum atomic E-state index is 12.2. The van der Waals surface area contributed by atoms with E-state index < -0.39 is 35.0 Å². The van der Waals surface area contributed by atoms with E-state index >= 15 is 0 Å². The minimum atomic E-state index is -2.04. The van der Waals surface area contributed by atoms with Crippen LogP contribution in [-0.4, -0.2) is 35.7 Å². The molecule has 0 aromatic carbocycles. The summed E-state index contributed by atoms with van der Waals surface area (Å²) in [7, 11) is 0. The highest BCUT2D eigenvalue weighted by Gasteiger charge is 2.62. The molecule has 0 spiro atoms. The van der Waals surface area contributed by atoms with Gasteiger partial charge in [0.05, 0.1) is 12.5 Å². The second-order valence-electron chi connectivity index (χ2n) is 5.36. The van der Waals surface area contributed by atoms with Crippen molar-refractivity contribution < 1.29 is 28.6 Å². The zero-order chi connectivity index (χ0) is 14.8. The molecular weight excluding hydrogens is 252 g/mol. The van der Waals surface area contributed by atoms with Gasteiger partial charge in [0.1, 0.15) is 5.60 Å². The largest absolute Gasteiger partial charge is 0.462 e. The van der Waals surface area contributed by atoms with Crippen LogP contribution in [0.3, 0.4) is 0 Å². The van der Waals surface area contributed by atoms with Gasteiger partial charge in [-0.05, 0) is 20.8 Å². The smallest absolute Gasteiger partial charge is 0.363 e. The molecule has 6 nitrogen and oxygen atoms in total. The molecule has 1 saturated heterocycles. The van der Waals surface area contributed by atoms with Crippen molar-refractivity contribution in [1.29, 1.82) is 0 Å². The Labute approximate surface area is 111 Å². The Kier molecular flexibility index (Phi) is 4.03. The van der Waals surface area contributed by atoms with Crippen LogP contribution in [0.25, 0.3) is 0 Å². The summed E-state index contributed by atoms with van der Waals surface area (Å²) in [4.78, 5) is 35.4. The van der Waals surface area contributed by atoms with Gasteiger partial charge in [-0.25, -0.2) is 14.4 Å². The molecule has 1 fully saturated rings. The van der Waals surface area contributed by atoms with E-state index in [-0.39, 0.29) is 6.61 Å². The van der Waals surface area contributed by atoms with E-state index in [0.29, 0.717) is 0 Å². The Balaban J connectivity index is 3.12. The van der Waals surface area contributed by atoms with E-state index in [1.807, 2.05) is 0 Å². The van der Waals surface area contributed by atoms with Crippen molar-refractivity contribution in [2.75, 3.05) is 6.61 Å². The van der Waals surface area contributed by atoms with Crippen LogP contribution in [0.15, 0.2) is 12.7 Å². The molecule has 0 bridgehead atoms. The van der Waals surface area contributed by atoms with Gasteiger partial charge in [-0.2, -0.15) is 0 Å². The number of ether oxygens (including phenoxy) is 3. The monoisotopic (exact) mass is 270 g/mol. The third kappa shape index (κ3) is 2.94. The molecule has 2 unspecified atom stereocenters. The topological polar surface area (TPSA) is 78.9 Å². The Bertz CT molecular complexity index is 419. The third-order valence-corrected chi connectivity index (χ3v) is 2.59. The zero-order valence-electron chi connectivity index (χ0n) is 11.5. The second kappa shape index (κ2) is 5.03. The van der Waals surface area contributed by atoms with E-state index in [1.54, 1.807) is 27.7 Å². The molecule has 0 saturated carbocycles. The molecule has 0 radical (unpaired) electrons. The van der Waals surface area contributed by atoms with Gasteiger partial charge in [-0.1, -0.05) is 13.5 Å².